The molecule has 3 rings (SSSR count). The van der Waals surface area contributed by atoms with Crippen LogP contribution in [0.5, 0.6) is 0 Å². The van der Waals surface area contributed by atoms with Crippen molar-refractivity contribution in [3.63, 3.8) is 0 Å². The van der Waals surface area contributed by atoms with Gasteiger partial charge < -0.3 is 5.32 Å². The second-order valence-corrected chi connectivity index (χ2v) is 6.91. The number of nitriles is 1. The first-order valence-electron chi connectivity index (χ1n) is 9.23. The molecule has 0 fully saturated rings. The van der Waals surface area contributed by atoms with Crippen LogP contribution in [-0.2, 0) is 13.0 Å². The molecule has 0 bridgehead atoms. The second kappa shape index (κ2) is 8.39. The van der Waals surface area contributed by atoms with Crippen molar-refractivity contribution in [1.29, 1.82) is 5.26 Å². The highest BCUT2D eigenvalue weighted by molar-refractivity contribution is 6.32. The Morgan fingerprint density at radius 2 is 2.12 bits per heavy atom. The largest absolute Gasteiger partial charge is 0.369 e. The van der Waals surface area contributed by atoms with Crippen molar-refractivity contribution in [3.05, 3.63) is 22.5 Å². The lowest BCUT2D eigenvalue weighted by Crippen LogP contribution is -2.12. The lowest BCUT2D eigenvalue weighted by atomic mass is 10.1. The molecule has 0 saturated carbocycles. The van der Waals surface area contributed by atoms with E-state index in [0.29, 0.717) is 22.2 Å². The number of hydrogen-bond donors (Lipinski definition) is 1. The van der Waals surface area contributed by atoms with Crippen LogP contribution in [-0.4, -0.2) is 26.1 Å². The number of aryl methyl sites for hydroxylation is 1. The maximum Gasteiger partial charge on any atom is 0.196 e. The lowest BCUT2D eigenvalue weighted by molar-refractivity contribution is 0.484. The number of nitrogens with zero attached hydrogens (tertiary/aromatic N) is 5. The van der Waals surface area contributed by atoms with E-state index in [1.54, 1.807) is 10.9 Å². The highest BCUT2D eigenvalue weighted by atomic mass is 35.5. The van der Waals surface area contributed by atoms with E-state index in [1.807, 2.05) is 4.68 Å². The number of halogens is 1. The van der Waals surface area contributed by atoms with Crippen molar-refractivity contribution in [2.75, 3.05) is 11.9 Å². The molecule has 0 aliphatic carbocycles. The Kier molecular flexibility index (Phi) is 5.98. The number of hydrogen-bond acceptors (Lipinski definition) is 4. The predicted octanol–water partition coefficient (Wildman–Crippen LogP) is 4.31. The molecule has 2 aromatic heterocycles. The number of fused-ring (bicyclic) bond motifs is 1. The zero-order valence-corrected chi connectivity index (χ0v) is 15.5. The van der Waals surface area contributed by atoms with Gasteiger partial charge in [0.05, 0.1) is 11.9 Å². The van der Waals surface area contributed by atoms with Crippen LogP contribution in [0.2, 0.25) is 5.02 Å². The molecule has 0 unspecified atom stereocenters. The number of unbranched alkanes of at least 4 members (excludes halogenated alkanes) is 4. The monoisotopic (exact) mass is 360 g/mol. The van der Waals surface area contributed by atoms with Crippen LogP contribution in [0.4, 0.5) is 5.82 Å². The van der Waals surface area contributed by atoms with E-state index in [0.717, 1.165) is 44.5 Å². The standard InChI is InChI=1S/C18H25ClN6/c1-2-3-4-5-7-10-21-17-14(12-20)13-22-25(17)18-16(19)15-9-6-8-11-24(15)23-18/h13,21H,2-11H2,1H3. The highest BCUT2D eigenvalue weighted by Gasteiger charge is 2.23. The average molecular weight is 361 g/mol. The van der Waals surface area contributed by atoms with Crippen LogP contribution in [0.3, 0.4) is 0 Å². The van der Waals surface area contributed by atoms with Crippen molar-refractivity contribution in [3.8, 4) is 11.9 Å². The molecular weight excluding hydrogens is 336 g/mol. The maximum atomic E-state index is 9.38. The molecule has 0 radical (unpaired) electrons. The smallest absolute Gasteiger partial charge is 0.196 e. The van der Waals surface area contributed by atoms with E-state index in [9.17, 15) is 5.26 Å². The Balaban J connectivity index is 1.77. The van der Waals surface area contributed by atoms with Crippen molar-refractivity contribution in [2.24, 2.45) is 0 Å². The van der Waals surface area contributed by atoms with Crippen LogP contribution in [0.1, 0.15) is 63.1 Å². The minimum atomic E-state index is 0.524. The summed E-state index contributed by atoms with van der Waals surface area (Å²) in [6.07, 6.45) is 10.8. The van der Waals surface area contributed by atoms with Crippen molar-refractivity contribution >= 4 is 17.4 Å². The minimum Gasteiger partial charge on any atom is -0.369 e. The van der Waals surface area contributed by atoms with Crippen LogP contribution < -0.4 is 5.32 Å². The quantitative estimate of drug-likeness (QED) is 0.712. The molecule has 3 heterocycles. The number of anilines is 1. The van der Waals surface area contributed by atoms with E-state index in [1.165, 1.54) is 25.7 Å². The molecule has 0 aromatic carbocycles. The van der Waals surface area contributed by atoms with Gasteiger partial charge in [-0.25, -0.2) is 0 Å². The third kappa shape index (κ3) is 3.82. The van der Waals surface area contributed by atoms with E-state index < -0.39 is 0 Å². The summed E-state index contributed by atoms with van der Waals surface area (Å²) in [7, 11) is 0. The molecule has 7 heteroatoms. The second-order valence-electron chi connectivity index (χ2n) is 6.54. The van der Waals surface area contributed by atoms with Gasteiger partial charge in [0, 0.05) is 13.1 Å². The average Bonchev–Trinajstić information content (AvgIpc) is 3.19. The van der Waals surface area contributed by atoms with Gasteiger partial charge in [-0.2, -0.15) is 20.1 Å². The van der Waals surface area contributed by atoms with Gasteiger partial charge >= 0.3 is 0 Å². The molecule has 1 aliphatic rings. The summed E-state index contributed by atoms with van der Waals surface area (Å²) in [5, 5.41) is 22.4. The van der Waals surface area contributed by atoms with Crippen LogP contribution in [0.15, 0.2) is 6.20 Å². The fourth-order valence-electron chi connectivity index (χ4n) is 3.27. The van der Waals surface area contributed by atoms with Crippen molar-refractivity contribution in [2.45, 2.75) is 64.8 Å². The summed E-state index contributed by atoms with van der Waals surface area (Å²) in [4.78, 5) is 0. The lowest BCUT2D eigenvalue weighted by Gasteiger charge is -2.12. The first-order valence-corrected chi connectivity index (χ1v) is 9.61. The normalized spacial score (nSPS) is 13.5. The molecule has 0 saturated heterocycles. The van der Waals surface area contributed by atoms with E-state index >= 15 is 0 Å². The Morgan fingerprint density at radius 3 is 2.88 bits per heavy atom. The van der Waals surface area contributed by atoms with Gasteiger partial charge in [0.25, 0.3) is 0 Å². The fourth-order valence-corrected chi connectivity index (χ4v) is 3.58. The van der Waals surface area contributed by atoms with Gasteiger partial charge in [0.1, 0.15) is 22.5 Å². The maximum absolute atomic E-state index is 9.38. The third-order valence-corrected chi connectivity index (χ3v) is 5.06. The summed E-state index contributed by atoms with van der Waals surface area (Å²) >= 11 is 6.56. The van der Waals surface area contributed by atoms with Gasteiger partial charge in [0.15, 0.2) is 5.82 Å². The van der Waals surface area contributed by atoms with Gasteiger partial charge in [-0.05, 0) is 25.7 Å². The van der Waals surface area contributed by atoms with Gasteiger partial charge in [0.2, 0.25) is 0 Å². The number of nitrogens with one attached hydrogen (secondary N) is 1. The number of aromatic nitrogens is 4. The predicted molar refractivity (Wildman–Crippen MR) is 99.3 cm³/mol. The molecule has 0 amide bonds. The molecule has 1 aliphatic heterocycles. The van der Waals surface area contributed by atoms with Crippen LogP contribution in [0.25, 0.3) is 5.82 Å². The molecular formula is C18H25ClN6. The summed E-state index contributed by atoms with van der Waals surface area (Å²) in [5.74, 6) is 1.31. The molecule has 0 spiro atoms. The van der Waals surface area contributed by atoms with Crippen molar-refractivity contribution in [1.82, 2.24) is 19.6 Å². The topological polar surface area (TPSA) is 71.5 Å². The Morgan fingerprint density at radius 1 is 1.28 bits per heavy atom. The van der Waals surface area contributed by atoms with Crippen molar-refractivity contribution < 1.29 is 0 Å². The zero-order chi connectivity index (χ0) is 17.6. The molecule has 2 aromatic rings. The van der Waals surface area contributed by atoms with E-state index in [2.05, 4.69) is 28.5 Å². The first kappa shape index (κ1) is 17.8. The fraction of sp³-hybridized carbons (Fsp3) is 0.611. The SMILES string of the molecule is CCCCCCCNc1c(C#N)cnn1-c1nn2c(c1Cl)CCCC2. The molecule has 1 N–H and O–H groups in total. The molecule has 134 valence electrons. The highest BCUT2D eigenvalue weighted by Crippen LogP contribution is 2.30. The van der Waals surface area contributed by atoms with Gasteiger partial charge in [-0.15, -0.1) is 0 Å². The summed E-state index contributed by atoms with van der Waals surface area (Å²) < 4.78 is 3.65. The third-order valence-electron chi connectivity index (χ3n) is 4.67. The van der Waals surface area contributed by atoms with E-state index in [4.69, 9.17) is 11.6 Å². The Labute approximate surface area is 153 Å². The Bertz CT molecular complexity index is 754. The van der Waals surface area contributed by atoms with E-state index in [-0.39, 0.29) is 0 Å². The summed E-state index contributed by atoms with van der Waals surface area (Å²) in [6.45, 7) is 3.92. The first-order chi connectivity index (χ1) is 12.3. The Hall–Kier alpha value is -2.00. The van der Waals surface area contributed by atoms with Crippen LogP contribution in [0, 0.1) is 11.3 Å². The van der Waals surface area contributed by atoms with Crippen LogP contribution >= 0.6 is 11.6 Å². The number of rotatable bonds is 8. The van der Waals surface area contributed by atoms with Gasteiger partial charge in [-0.1, -0.05) is 44.2 Å². The summed E-state index contributed by atoms with van der Waals surface area (Å²) in [6, 6.07) is 2.20. The summed E-state index contributed by atoms with van der Waals surface area (Å²) in [5.41, 5.74) is 1.60. The minimum absolute atomic E-state index is 0.524. The molecule has 25 heavy (non-hydrogen) atoms. The molecule has 0 atom stereocenters. The van der Waals surface area contributed by atoms with Gasteiger partial charge in [-0.3, -0.25) is 4.68 Å². The molecule has 6 nitrogen and oxygen atoms in total. The zero-order valence-electron chi connectivity index (χ0n) is 14.8.